The molecular formula is C9H17N5O. The van der Waals surface area contributed by atoms with Crippen LogP contribution in [0.4, 0.5) is 10.5 Å². The summed E-state index contributed by atoms with van der Waals surface area (Å²) in [6, 6.07) is -0.647. The fourth-order valence-electron chi connectivity index (χ4n) is 1.52. The van der Waals surface area contributed by atoms with E-state index in [4.69, 9.17) is 11.5 Å². The molecule has 0 spiro atoms. The molecule has 0 aliphatic carbocycles. The van der Waals surface area contributed by atoms with Crippen molar-refractivity contribution in [3.8, 4) is 0 Å². The minimum atomic E-state index is -0.514. The van der Waals surface area contributed by atoms with E-state index in [0.29, 0.717) is 6.54 Å². The zero-order chi connectivity index (χ0) is 11.6. The maximum atomic E-state index is 11.3. The fraction of sp³-hybridized carbons (Fsp3) is 0.556. The number of rotatable bonds is 3. The molecule has 1 heterocycles. The Morgan fingerprint density at radius 1 is 1.60 bits per heavy atom. The molecule has 0 saturated heterocycles. The molecule has 2 amide bonds. The van der Waals surface area contributed by atoms with Crippen molar-refractivity contribution in [2.75, 3.05) is 11.4 Å². The van der Waals surface area contributed by atoms with Gasteiger partial charge >= 0.3 is 6.03 Å². The topological polar surface area (TPSA) is 101 Å². The molecule has 1 aromatic rings. The third-order valence-electron chi connectivity index (χ3n) is 2.10. The molecule has 84 valence electrons. The minimum Gasteiger partial charge on any atom is -0.351 e. The van der Waals surface area contributed by atoms with E-state index in [1.807, 2.05) is 20.8 Å². The number of hydrogen-bond acceptors (Lipinski definition) is 3. The molecule has 6 nitrogen and oxygen atoms in total. The van der Waals surface area contributed by atoms with E-state index in [0.717, 1.165) is 17.1 Å². The number of hydrogen-bond donors (Lipinski definition) is 3. The Morgan fingerprint density at radius 3 is 2.53 bits per heavy atom. The highest BCUT2D eigenvalue weighted by atomic mass is 16.2. The molecule has 6 heteroatoms. The highest BCUT2D eigenvalue weighted by Crippen LogP contribution is 2.21. The van der Waals surface area contributed by atoms with Crippen LogP contribution in [-0.4, -0.2) is 28.8 Å². The number of nitrogens with zero attached hydrogens (tertiary/aromatic N) is 2. The Balaban J connectivity index is 3.04. The number of carbonyl (C=O) groups excluding carboxylic acids is 1. The van der Waals surface area contributed by atoms with Crippen LogP contribution in [-0.2, 0) is 0 Å². The van der Waals surface area contributed by atoms with Crippen molar-refractivity contribution in [2.45, 2.75) is 26.8 Å². The van der Waals surface area contributed by atoms with E-state index in [1.54, 1.807) is 0 Å². The lowest BCUT2D eigenvalue weighted by atomic mass is 10.2. The van der Waals surface area contributed by atoms with Gasteiger partial charge in [-0.2, -0.15) is 5.10 Å². The summed E-state index contributed by atoms with van der Waals surface area (Å²) < 4.78 is 0. The van der Waals surface area contributed by atoms with Gasteiger partial charge in [-0.1, -0.05) is 0 Å². The summed E-state index contributed by atoms with van der Waals surface area (Å²) in [5.41, 5.74) is 13.2. The second-order valence-electron chi connectivity index (χ2n) is 3.71. The van der Waals surface area contributed by atoms with Gasteiger partial charge in [0.05, 0.1) is 17.1 Å². The highest BCUT2D eigenvalue weighted by Gasteiger charge is 2.20. The summed E-state index contributed by atoms with van der Waals surface area (Å²) in [5.74, 6) is 0. The summed E-state index contributed by atoms with van der Waals surface area (Å²) in [7, 11) is 0. The second-order valence-corrected chi connectivity index (χ2v) is 3.71. The third-order valence-corrected chi connectivity index (χ3v) is 2.10. The number of anilines is 1. The van der Waals surface area contributed by atoms with Gasteiger partial charge in [-0.15, -0.1) is 0 Å². The van der Waals surface area contributed by atoms with Crippen molar-refractivity contribution in [2.24, 2.45) is 11.5 Å². The summed E-state index contributed by atoms with van der Waals surface area (Å²) in [4.78, 5) is 12.7. The number of nitrogens with one attached hydrogen (secondary N) is 1. The second kappa shape index (κ2) is 4.31. The zero-order valence-corrected chi connectivity index (χ0v) is 9.24. The molecule has 5 N–H and O–H groups in total. The highest BCUT2D eigenvalue weighted by molar-refractivity contribution is 5.92. The van der Waals surface area contributed by atoms with Gasteiger partial charge in [-0.25, -0.2) is 4.79 Å². The Kier molecular flexibility index (Phi) is 3.31. The first-order valence-electron chi connectivity index (χ1n) is 4.77. The molecule has 1 unspecified atom stereocenters. The standard InChI is InChI=1S/C9H17N5O/c1-5(10)4-14(9(11)15)8-6(2)12-13-7(8)3/h5H,4,10H2,1-3H3,(H2,11,15)(H,12,13). The van der Waals surface area contributed by atoms with Gasteiger partial charge in [0, 0.05) is 12.6 Å². The maximum Gasteiger partial charge on any atom is 0.319 e. The van der Waals surface area contributed by atoms with Crippen molar-refractivity contribution in [1.82, 2.24) is 10.2 Å². The average Bonchev–Trinajstić information content (AvgIpc) is 2.42. The number of urea groups is 1. The van der Waals surface area contributed by atoms with E-state index in [9.17, 15) is 4.79 Å². The maximum absolute atomic E-state index is 11.3. The number of carbonyl (C=O) groups is 1. The SMILES string of the molecule is Cc1n[nH]c(C)c1N(CC(C)N)C(N)=O. The molecule has 0 saturated carbocycles. The van der Waals surface area contributed by atoms with Gasteiger partial charge in [0.25, 0.3) is 0 Å². The monoisotopic (exact) mass is 211 g/mol. The van der Waals surface area contributed by atoms with Gasteiger partial charge in [-0.3, -0.25) is 10.00 Å². The van der Waals surface area contributed by atoms with E-state index in [2.05, 4.69) is 10.2 Å². The number of nitrogens with two attached hydrogens (primary N) is 2. The van der Waals surface area contributed by atoms with Crippen molar-refractivity contribution in [1.29, 1.82) is 0 Å². The number of aromatic amines is 1. The summed E-state index contributed by atoms with van der Waals surface area (Å²) in [6.07, 6.45) is 0. The summed E-state index contributed by atoms with van der Waals surface area (Å²) in [5, 5.41) is 6.82. The summed E-state index contributed by atoms with van der Waals surface area (Å²) >= 11 is 0. The minimum absolute atomic E-state index is 0.133. The molecule has 0 aliphatic heterocycles. The first-order valence-corrected chi connectivity index (χ1v) is 4.77. The van der Waals surface area contributed by atoms with Crippen LogP contribution in [0.2, 0.25) is 0 Å². The number of aryl methyl sites for hydroxylation is 2. The van der Waals surface area contributed by atoms with Crippen LogP contribution in [0.15, 0.2) is 0 Å². The van der Waals surface area contributed by atoms with Crippen LogP contribution >= 0.6 is 0 Å². The Bertz CT molecular complexity index is 338. The number of aromatic nitrogens is 2. The molecule has 0 radical (unpaired) electrons. The zero-order valence-electron chi connectivity index (χ0n) is 9.24. The van der Waals surface area contributed by atoms with Crippen molar-refractivity contribution in [3.05, 3.63) is 11.4 Å². The lowest BCUT2D eigenvalue weighted by Crippen LogP contribution is -2.43. The first-order chi connectivity index (χ1) is 6.93. The number of H-pyrrole nitrogens is 1. The number of amides is 2. The van der Waals surface area contributed by atoms with Gasteiger partial charge in [0.2, 0.25) is 0 Å². The molecule has 15 heavy (non-hydrogen) atoms. The van der Waals surface area contributed by atoms with Crippen LogP contribution in [0.5, 0.6) is 0 Å². The van der Waals surface area contributed by atoms with Gasteiger partial charge in [-0.05, 0) is 20.8 Å². The Labute approximate surface area is 88.6 Å². The predicted octanol–water partition coefficient (Wildman–Crippen LogP) is 0.259. The van der Waals surface area contributed by atoms with Crippen molar-refractivity contribution in [3.63, 3.8) is 0 Å². The van der Waals surface area contributed by atoms with E-state index < -0.39 is 6.03 Å². The Morgan fingerprint density at radius 2 is 2.20 bits per heavy atom. The van der Waals surface area contributed by atoms with Gasteiger partial charge in [0.1, 0.15) is 0 Å². The predicted molar refractivity (Wildman–Crippen MR) is 58.6 cm³/mol. The lowest BCUT2D eigenvalue weighted by Gasteiger charge is -2.22. The van der Waals surface area contributed by atoms with Gasteiger partial charge < -0.3 is 11.5 Å². The molecule has 0 aromatic carbocycles. The van der Waals surface area contributed by atoms with Crippen molar-refractivity contribution < 1.29 is 4.79 Å². The quantitative estimate of drug-likeness (QED) is 0.668. The largest absolute Gasteiger partial charge is 0.351 e. The van der Waals surface area contributed by atoms with Crippen LogP contribution in [0, 0.1) is 13.8 Å². The van der Waals surface area contributed by atoms with E-state index in [1.165, 1.54) is 4.90 Å². The summed E-state index contributed by atoms with van der Waals surface area (Å²) in [6.45, 7) is 5.86. The third kappa shape index (κ3) is 2.47. The fourth-order valence-corrected chi connectivity index (χ4v) is 1.52. The lowest BCUT2D eigenvalue weighted by molar-refractivity contribution is 0.253. The molecule has 0 fully saturated rings. The first kappa shape index (κ1) is 11.5. The molecule has 1 aromatic heterocycles. The van der Waals surface area contributed by atoms with Crippen molar-refractivity contribution >= 4 is 11.7 Å². The van der Waals surface area contributed by atoms with E-state index in [-0.39, 0.29) is 6.04 Å². The number of primary amides is 1. The van der Waals surface area contributed by atoms with Crippen LogP contribution in [0.25, 0.3) is 0 Å². The van der Waals surface area contributed by atoms with Crippen LogP contribution in [0.3, 0.4) is 0 Å². The molecule has 1 atom stereocenters. The van der Waals surface area contributed by atoms with Gasteiger partial charge in [0.15, 0.2) is 0 Å². The molecule has 1 rings (SSSR count). The van der Waals surface area contributed by atoms with E-state index >= 15 is 0 Å². The molecule has 0 bridgehead atoms. The molecular weight excluding hydrogens is 194 g/mol. The Hall–Kier alpha value is -1.56. The molecule has 0 aliphatic rings. The average molecular weight is 211 g/mol. The van der Waals surface area contributed by atoms with Crippen LogP contribution in [0.1, 0.15) is 18.3 Å². The normalized spacial score (nSPS) is 12.5. The smallest absolute Gasteiger partial charge is 0.319 e. The van der Waals surface area contributed by atoms with Crippen LogP contribution < -0.4 is 16.4 Å².